The molecule has 1 aliphatic carbocycles. The van der Waals surface area contributed by atoms with Crippen LogP contribution in [-0.2, 0) is 16.1 Å². The van der Waals surface area contributed by atoms with Crippen LogP contribution in [0, 0.1) is 0 Å². The Kier molecular flexibility index (Phi) is 4.13. The molecule has 1 aliphatic rings. The van der Waals surface area contributed by atoms with E-state index in [9.17, 15) is 9.90 Å². The van der Waals surface area contributed by atoms with Crippen LogP contribution in [0.15, 0.2) is 30.3 Å². The van der Waals surface area contributed by atoms with Gasteiger partial charge in [-0.15, -0.1) is 0 Å². The number of hydrogen-bond donors (Lipinski definition) is 3. The molecule has 3 atom stereocenters. The number of aliphatic hydroxyl groups is 1. The second-order valence-electron chi connectivity index (χ2n) is 5.91. The van der Waals surface area contributed by atoms with Gasteiger partial charge in [-0.25, -0.2) is 4.79 Å². The molecule has 20 heavy (non-hydrogen) atoms. The standard InChI is InChI=1S/C15H22N2O3/c1-14(19)7-8-15(17,12(16)9-14)13(18)20-10-11-5-3-2-4-6-11/h2-6,12,19H,7-10,16-17H2,1H3. The molecule has 1 saturated carbocycles. The number of hydrogen-bond acceptors (Lipinski definition) is 5. The quantitative estimate of drug-likeness (QED) is 0.707. The normalized spacial score (nSPS) is 33.7. The Morgan fingerprint density at radius 2 is 2.05 bits per heavy atom. The summed E-state index contributed by atoms with van der Waals surface area (Å²) in [5, 5.41) is 9.98. The molecule has 0 heterocycles. The summed E-state index contributed by atoms with van der Waals surface area (Å²) in [7, 11) is 0. The summed E-state index contributed by atoms with van der Waals surface area (Å²) in [5.74, 6) is -0.496. The molecule has 5 N–H and O–H groups in total. The van der Waals surface area contributed by atoms with Crippen molar-refractivity contribution in [3.8, 4) is 0 Å². The fourth-order valence-corrected chi connectivity index (χ4v) is 2.53. The van der Waals surface area contributed by atoms with Gasteiger partial charge in [-0.05, 0) is 31.7 Å². The summed E-state index contributed by atoms with van der Waals surface area (Å²) in [6, 6.07) is 8.81. The Morgan fingerprint density at radius 3 is 2.65 bits per heavy atom. The Hall–Kier alpha value is -1.43. The molecule has 0 aromatic heterocycles. The first kappa shape index (κ1) is 15.0. The highest BCUT2D eigenvalue weighted by Crippen LogP contribution is 2.33. The lowest BCUT2D eigenvalue weighted by atomic mass is 9.72. The van der Waals surface area contributed by atoms with E-state index in [0.717, 1.165) is 5.56 Å². The van der Waals surface area contributed by atoms with Gasteiger partial charge in [-0.3, -0.25) is 0 Å². The lowest BCUT2D eigenvalue weighted by molar-refractivity contribution is -0.156. The Morgan fingerprint density at radius 1 is 1.40 bits per heavy atom. The van der Waals surface area contributed by atoms with Gasteiger partial charge in [0.1, 0.15) is 12.1 Å². The summed E-state index contributed by atoms with van der Waals surface area (Å²) in [6.45, 7) is 1.89. The minimum absolute atomic E-state index is 0.182. The smallest absolute Gasteiger partial charge is 0.328 e. The molecule has 0 spiro atoms. The van der Waals surface area contributed by atoms with E-state index in [4.69, 9.17) is 16.2 Å². The molecule has 1 aromatic rings. The minimum Gasteiger partial charge on any atom is -0.459 e. The second-order valence-corrected chi connectivity index (χ2v) is 5.91. The van der Waals surface area contributed by atoms with E-state index < -0.39 is 23.2 Å². The van der Waals surface area contributed by atoms with Crippen molar-refractivity contribution >= 4 is 5.97 Å². The number of benzene rings is 1. The monoisotopic (exact) mass is 278 g/mol. The lowest BCUT2D eigenvalue weighted by Crippen LogP contribution is -2.66. The van der Waals surface area contributed by atoms with E-state index in [1.54, 1.807) is 6.92 Å². The maximum absolute atomic E-state index is 12.2. The van der Waals surface area contributed by atoms with Gasteiger partial charge >= 0.3 is 5.97 Å². The molecule has 3 unspecified atom stereocenters. The maximum Gasteiger partial charge on any atom is 0.328 e. The summed E-state index contributed by atoms with van der Waals surface area (Å²) < 4.78 is 5.28. The van der Waals surface area contributed by atoms with Crippen LogP contribution >= 0.6 is 0 Å². The molecule has 110 valence electrons. The van der Waals surface area contributed by atoms with Crippen molar-refractivity contribution in [2.24, 2.45) is 11.5 Å². The van der Waals surface area contributed by atoms with E-state index >= 15 is 0 Å². The van der Waals surface area contributed by atoms with Gasteiger partial charge in [0.25, 0.3) is 0 Å². The Balaban J connectivity index is 1.98. The summed E-state index contributed by atoms with van der Waals surface area (Å²) >= 11 is 0. The average molecular weight is 278 g/mol. The molecular formula is C15H22N2O3. The predicted molar refractivity (Wildman–Crippen MR) is 75.6 cm³/mol. The van der Waals surface area contributed by atoms with Crippen molar-refractivity contribution in [2.75, 3.05) is 0 Å². The fraction of sp³-hybridized carbons (Fsp3) is 0.533. The zero-order valence-corrected chi connectivity index (χ0v) is 11.7. The van der Waals surface area contributed by atoms with Crippen molar-refractivity contribution in [1.29, 1.82) is 0 Å². The van der Waals surface area contributed by atoms with E-state index in [-0.39, 0.29) is 6.61 Å². The van der Waals surface area contributed by atoms with E-state index in [1.807, 2.05) is 30.3 Å². The summed E-state index contributed by atoms with van der Waals surface area (Å²) in [4.78, 5) is 12.2. The molecule has 5 heteroatoms. The predicted octanol–water partition coefficient (Wildman–Crippen LogP) is 0.689. The van der Waals surface area contributed by atoms with Gasteiger partial charge < -0.3 is 21.3 Å². The van der Waals surface area contributed by atoms with Crippen LogP contribution in [0.2, 0.25) is 0 Å². The highest BCUT2D eigenvalue weighted by atomic mass is 16.5. The second kappa shape index (κ2) is 5.52. The van der Waals surface area contributed by atoms with Crippen LogP contribution in [0.5, 0.6) is 0 Å². The number of ether oxygens (including phenoxy) is 1. The van der Waals surface area contributed by atoms with Crippen molar-refractivity contribution in [3.05, 3.63) is 35.9 Å². The first-order valence-corrected chi connectivity index (χ1v) is 6.81. The van der Waals surface area contributed by atoms with Crippen molar-refractivity contribution in [2.45, 2.75) is 50.0 Å². The molecule has 2 rings (SSSR count). The van der Waals surface area contributed by atoms with Gasteiger partial charge in [-0.1, -0.05) is 30.3 Å². The molecule has 0 radical (unpaired) electrons. The molecule has 1 aromatic carbocycles. The van der Waals surface area contributed by atoms with Crippen LogP contribution in [0.4, 0.5) is 0 Å². The first-order chi connectivity index (χ1) is 9.33. The SMILES string of the molecule is CC1(O)CCC(N)(C(=O)OCc2ccccc2)C(N)C1. The van der Waals surface area contributed by atoms with Gasteiger partial charge in [-0.2, -0.15) is 0 Å². The summed E-state index contributed by atoms with van der Waals surface area (Å²) in [6.07, 6.45) is 1.07. The number of carbonyl (C=O) groups excluding carboxylic acids is 1. The third-order valence-corrected chi connectivity index (χ3v) is 3.99. The molecule has 0 aliphatic heterocycles. The van der Waals surface area contributed by atoms with Crippen LogP contribution < -0.4 is 11.5 Å². The zero-order chi connectivity index (χ0) is 14.8. The van der Waals surface area contributed by atoms with Crippen LogP contribution in [-0.4, -0.2) is 28.3 Å². The average Bonchev–Trinajstić information content (AvgIpc) is 2.41. The highest BCUT2D eigenvalue weighted by Gasteiger charge is 2.48. The molecule has 0 bridgehead atoms. The highest BCUT2D eigenvalue weighted by molar-refractivity contribution is 5.82. The number of carbonyl (C=O) groups is 1. The molecule has 5 nitrogen and oxygen atoms in total. The largest absolute Gasteiger partial charge is 0.459 e. The third-order valence-electron chi connectivity index (χ3n) is 3.99. The van der Waals surface area contributed by atoms with Gasteiger partial charge in [0.2, 0.25) is 0 Å². The van der Waals surface area contributed by atoms with Gasteiger partial charge in [0.05, 0.1) is 5.60 Å². The van der Waals surface area contributed by atoms with Gasteiger partial charge in [0, 0.05) is 6.04 Å². The van der Waals surface area contributed by atoms with Crippen LogP contribution in [0.25, 0.3) is 0 Å². The Labute approximate surface area is 118 Å². The molecule has 1 fully saturated rings. The zero-order valence-electron chi connectivity index (χ0n) is 11.7. The first-order valence-electron chi connectivity index (χ1n) is 6.81. The van der Waals surface area contributed by atoms with Crippen molar-refractivity contribution in [3.63, 3.8) is 0 Å². The van der Waals surface area contributed by atoms with E-state index in [1.165, 1.54) is 0 Å². The maximum atomic E-state index is 12.2. The van der Waals surface area contributed by atoms with E-state index in [0.29, 0.717) is 19.3 Å². The minimum atomic E-state index is -1.21. The topological polar surface area (TPSA) is 98.6 Å². The number of nitrogens with two attached hydrogens (primary N) is 2. The fourth-order valence-electron chi connectivity index (χ4n) is 2.53. The molecular weight excluding hydrogens is 256 g/mol. The lowest BCUT2D eigenvalue weighted by Gasteiger charge is -2.42. The van der Waals surface area contributed by atoms with Crippen LogP contribution in [0.3, 0.4) is 0 Å². The van der Waals surface area contributed by atoms with Crippen molar-refractivity contribution in [1.82, 2.24) is 0 Å². The van der Waals surface area contributed by atoms with Crippen molar-refractivity contribution < 1.29 is 14.6 Å². The number of esters is 1. The Bertz CT molecular complexity index is 475. The molecule has 0 amide bonds. The molecule has 0 saturated heterocycles. The van der Waals surface area contributed by atoms with Gasteiger partial charge in [0.15, 0.2) is 0 Å². The van der Waals surface area contributed by atoms with E-state index in [2.05, 4.69) is 0 Å². The number of rotatable bonds is 3. The van der Waals surface area contributed by atoms with Crippen LogP contribution in [0.1, 0.15) is 31.7 Å². The third kappa shape index (κ3) is 3.17. The summed E-state index contributed by atoms with van der Waals surface area (Å²) in [5.41, 5.74) is 10.9.